The molecule has 0 aliphatic heterocycles. The number of aliphatic hydroxyl groups excluding tert-OH is 1. The Hall–Kier alpha value is -1.22. The zero-order valence-electron chi connectivity index (χ0n) is 12.2. The van der Waals surface area contributed by atoms with Crippen molar-refractivity contribution < 1.29 is 9.84 Å². The molecule has 2 rings (SSSR count). The average molecular weight is 263 g/mol. The Kier molecular flexibility index (Phi) is 4.04. The van der Waals surface area contributed by atoms with Crippen molar-refractivity contribution in [2.45, 2.75) is 45.1 Å². The third-order valence-corrected chi connectivity index (χ3v) is 4.13. The normalized spacial score (nSPS) is 25.9. The molecule has 1 aromatic rings. The van der Waals surface area contributed by atoms with Crippen molar-refractivity contribution in [1.82, 2.24) is 0 Å². The summed E-state index contributed by atoms with van der Waals surface area (Å²) < 4.78 is 5.17. The Bertz CT molecular complexity index is 413. The molecule has 0 amide bonds. The molecule has 1 aromatic carbocycles. The first-order valence-corrected chi connectivity index (χ1v) is 7.02. The van der Waals surface area contributed by atoms with Gasteiger partial charge in [-0.05, 0) is 48.9 Å². The summed E-state index contributed by atoms with van der Waals surface area (Å²) in [5.41, 5.74) is 1.16. The van der Waals surface area contributed by atoms with Crippen LogP contribution in [0.4, 0.5) is 5.69 Å². The standard InChI is InChI=1S/C16H25NO2/c1-15(2)9-4-10-16(11-15,12-18)17-13-5-7-14(19-3)8-6-13/h5-8,17-18H,4,9-12H2,1-3H3. The van der Waals surface area contributed by atoms with Crippen LogP contribution in [0.2, 0.25) is 0 Å². The number of hydrogen-bond donors (Lipinski definition) is 2. The highest BCUT2D eigenvalue weighted by Gasteiger charge is 2.39. The maximum atomic E-state index is 9.85. The molecule has 1 atom stereocenters. The summed E-state index contributed by atoms with van der Waals surface area (Å²) in [6.45, 7) is 4.75. The lowest BCUT2D eigenvalue weighted by atomic mass is 9.68. The van der Waals surface area contributed by atoms with Gasteiger partial charge in [0.2, 0.25) is 0 Å². The molecule has 1 unspecified atom stereocenters. The molecule has 3 nitrogen and oxygen atoms in total. The van der Waals surface area contributed by atoms with Gasteiger partial charge in [0, 0.05) is 5.69 Å². The van der Waals surface area contributed by atoms with Gasteiger partial charge in [-0.15, -0.1) is 0 Å². The lowest BCUT2D eigenvalue weighted by Gasteiger charge is -2.45. The molecule has 0 bridgehead atoms. The van der Waals surface area contributed by atoms with E-state index in [1.807, 2.05) is 24.3 Å². The molecule has 2 N–H and O–H groups in total. The van der Waals surface area contributed by atoms with E-state index in [9.17, 15) is 5.11 Å². The lowest BCUT2D eigenvalue weighted by molar-refractivity contribution is 0.105. The van der Waals surface area contributed by atoms with Gasteiger partial charge in [0.05, 0.1) is 19.3 Å². The molecular formula is C16H25NO2. The maximum Gasteiger partial charge on any atom is 0.119 e. The number of anilines is 1. The number of aliphatic hydroxyl groups is 1. The van der Waals surface area contributed by atoms with Crippen LogP contribution in [-0.2, 0) is 0 Å². The minimum atomic E-state index is -0.184. The number of ether oxygens (including phenoxy) is 1. The summed E-state index contributed by atoms with van der Waals surface area (Å²) in [4.78, 5) is 0. The van der Waals surface area contributed by atoms with Crippen LogP contribution in [0.1, 0.15) is 39.5 Å². The SMILES string of the molecule is COc1ccc(NC2(CO)CCCC(C)(C)C2)cc1. The van der Waals surface area contributed by atoms with Crippen molar-refractivity contribution in [3.05, 3.63) is 24.3 Å². The van der Waals surface area contributed by atoms with Crippen molar-refractivity contribution in [2.75, 3.05) is 19.0 Å². The van der Waals surface area contributed by atoms with E-state index in [1.165, 1.54) is 6.42 Å². The molecule has 1 aliphatic carbocycles. The minimum absolute atomic E-state index is 0.183. The molecule has 1 fully saturated rings. The van der Waals surface area contributed by atoms with Crippen LogP contribution in [0, 0.1) is 5.41 Å². The van der Waals surface area contributed by atoms with Crippen molar-refractivity contribution in [3.63, 3.8) is 0 Å². The van der Waals surface area contributed by atoms with E-state index in [0.717, 1.165) is 30.7 Å². The third kappa shape index (κ3) is 3.41. The predicted octanol–water partition coefficient (Wildman–Crippen LogP) is 3.44. The first-order valence-electron chi connectivity index (χ1n) is 7.02. The number of nitrogens with one attached hydrogen (secondary N) is 1. The largest absolute Gasteiger partial charge is 0.497 e. The summed E-state index contributed by atoms with van der Waals surface area (Å²) in [6.07, 6.45) is 4.43. The summed E-state index contributed by atoms with van der Waals surface area (Å²) in [6, 6.07) is 7.92. The molecule has 0 aromatic heterocycles. The summed E-state index contributed by atoms with van der Waals surface area (Å²) in [7, 11) is 1.67. The van der Waals surface area contributed by atoms with E-state index in [1.54, 1.807) is 7.11 Å². The maximum absolute atomic E-state index is 9.85. The highest BCUT2D eigenvalue weighted by molar-refractivity contribution is 5.48. The van der Waals surface area contributed by atoms with Gasteiger partial charge >= 0.3 is 0 Å². The Morgan fingerprint density at radius 1 is 1.21 bits per heavy atom. The Balaban J connectivity index is 2.13. The Morgan fingerprint density at radius 3 is 2.42 bits per heavy atom. The van der Waals surface area contributed by atoms with Crippen LogP contribution >= 0.6 is 0 Å². The van der Waals surface area contributed by atoms with Gasteiger partial charge < -0.3 is 15.2 Å². The van der Waals surface area contributed by atoms with E-state index in [-0.39, 0.29) is 12.1 Å². The number of benzene rings is 1. The molecule has 0 radical (unpaired) electrons. The molecule has 3 heteroatoms. The van der Waals surface area contributed by atoms with Crippen LogP contribution in [0.25, 0.3) is 0 Å². The summed E-state index contributed by atoms with van der Waals surface area (Å²) in [5.74, 6) is 0.854. The monoisotopic (exact) mass is 263 g/mol. The molecule has 1 aliphatic rings. The van der Waals surface area contributed by atoms with Crippen LogP contribution in [-0.4, -0.2) is 24.4 Å². The van der Waals surface area contributed by atoms with Crippen molar-refractivity contribution in [3.8, 4) is 5.75 Å². The van der Waals surface area contributed by atoms with Gasteiger partial charge in [0.25, 0.3) is 0 Å². The van der Waals surface area contributed by atoms with Crippen LogP contribution in [0.3, 0.4) is 0 Å². The van der Waals surface area contributed by atoms with E-state index < -0.39 is 0 Å². The van der Waals surface area contributed by atoms with E-state index in [2.05, 4.69) is 19.2 Å². The molecule has 0 spiro atoms. The van der Waals surface area contributed by atoms with Gasteiger partial charge in [-0.2, -0.15) is 0 Å². The highest BCUT2D eigenvalue weighted by atomic mass is 16.5. The highest BCUT2D eigenvalue weighted by Crippen LogP contribution is 2.42. The van der Waals surface area contributed by atoms with E-state index in [4.69, 9.17) is 4.74 Å². The van der Waals surface area contributed by atoms with E-state index in [0.29, 0.717) is 5.41 Å². The number of hydrogen-bond acceptors (Lipinski definition) is 3. The second-order valence-corrected chi connectivity index (χ2v) is 6.49. The summed E-state index contributed by atoms with van der Waals surface area (Å²) in [5, 5.41) is 13.4. The fraction of sp³-hybridized carbons (Fsp3) is 0.625. The van der Waals surface area contributed by atoms with Crippen molar-refractivity contribution >= 4 is 5.69 Å². The quantitative estimate of drug-likeness (QED) is 0.874. The molecule has 106 valence electrons. The fourth-order valence-corrected chi connectivity index (χ4v) is 3.26. The predicted molar refractivity (Wildman–Crippen MR) is 78.7 cm³/mol. The minimum Gasteiger partial charge on any atom is -0.497 e. The fourth-order valence-electron chi connectivity index (χ4n) is 3.26. The first kappa shape index (κ1) is 14.2. The second-order valence-electron chi connectivity index (χ2n) is 6.49. The van der Waals surface area contributed by atoms with Crippen molar-refractivity contribution in [1.29, 1.82) is 0 Å². The average Bonchev–Trinajstić information content (AvgIpc) is 2.38. The van der Waals surface area contributed by atoms with Gasteiger partial charge in [0.1, 0.15) is 5.75 Å². The van der Waals surface area contributed by atoms with Crippen LogP contribution in [0.5, 0.6) is 5.75 Å². The first-order chi connectivity index (χ1) is 8.99. The Morgan fingerprint density at radius 2 is 1.89 bits per heavy atom. The zero-order chi connectivity index (χ0) is 13.9. The third-order valence-electron chi connectivity index (χ3n) is 4.13. The molecule has 19 heavy (non-hydrogen) atoms. The topological polar surface area (TPSA) is 41.5 Å². The summed E-state index contributed by atoms with van der Waals surface area (Å²) >= 11 is 0. The van der Waals surface area contributed by atoms with Crippen molar-refractivity contribution in [2.24, 2.45) is 5.41 Å². The van der Waals surface area contributed by atoms with Crippen LogP contribution < -0.4 is 10.1 Å². The second kappa shape index (κ2) is 5.41. The number of rotatable bonds is 4. The van der Waals surface area contributed by atoms with Gasteiger partial charge in [-0.1, -0.05) is 20.3 Å². The molecule has 0 saturated heterocycles. The number of methoxy groups -OCH3 is 1. The smallest absolute Gasteiger partial charge is 0.119 e. The van der Waals surface area contributed by atoms with E-state index >= 15 is 0 Å². The Labute approximate surface area is 116 Å². The molecular weight excluding hydrogens is 238 g/mol. The van der Waals surface area contributed by atoms with Crippen LogP contribution in [0.15, 0.2) is 24.3 Å². The molecule has 1 saturated carbocycles. The van der Waals surface area contributed by atoms with Gasteiger partial charge in [-0.25, -0.2) is 0 Å². The van der Waals surface area contributed by atoms with Gasteiger partial charge in [-0.3, -0.25) is 0 Å². The lowest BCUT2D eigenvalue weighted by Crippen LogP contribution is -2.48. The zero-order valence-corrected chi connectivity index (χ0v) is 12.2. The molecule has 0 heterocycles. The van der Waals surface area contributed by atoms with Gasteiger partial charge in [0.15, 0.2) is 0 Å².